The number of rotatable bonds is 6. The molecule has 0 aliphatic rings. The average Bonchev–Trinajstić information content (AvgIpc) is 2.56. The Kier molecular flexibility index (Phi) is 5.79. The summed E-state index contributed by atoms with van der Waals surface area (Å²) in [6.45, 7) is 5.86. The van der Waals surface area contributed by atoms with Gasteiger partial charge in [-0.1, -0.05) is 19.9 Å². The number of carbonyl (C=O) groups is 1. The van der Waals surface area contributed by atoms with E-state index in [4.69, 9.17) is 0 Å². The Morgan fingerprint density at radius 2 is 1.68 bits per heavy atom. The third-order valence-electron chi connectivity index (χ3n) is 3.86. The Labute approximate surface area is 147 Å². The Bertz CT molecular complexity index is 849. The van der Waals surface area contributed by atoms with Crippen LogP contribution in [0, 0.1) is 11.7 Å². The highest BCUT2D eigenvalue weighted by atomic mass is 32.2. The molecule has 0 spiro atoms. The molecule has 2 N–H and O–H groups in total. The molecule has 0 bridgehead atoms. The molecule has 0 saturated heterocycles. The van der Waals surface area contributed by atoms with E-state index in [1.165, 1.54) is 30.3 Å². The second kappa shape index (κ2) is 7.65. The third-order valence-corrected chi connectivity index (χ3v) is 5.24. The fourth-order valence-corrected chi connectivity index (χ4v) is 3.10. The summed E-state index contributed by atoms with van der Waals surface area (Å²) in [5.74, 6) is -0.531. The van der Waals surface area contributed by atoms with Crippen LogP contribution < -0.4 is 10.0 Å². The van der Waals surface area contributed by atoms with Crippen molar-refractivity contribution in [2.45, 2.75) is 31.7 Å². The van der Waals surface area contributed by atoms with Gasteiger partial charge in [0.05, 0.1) is 4.90 Å². The van der Waals surface area contributed by atoms with Gasteiger partial charge in [-0.05, 0) is 55.3 Å². The minimum atomic E-state index is -3.88. The molecule has 1 amide bonds. The van der Waals surface area contributed by atoms with Gasteiger partial charge in [-0.3, -0.25) is 9.52 Å². The zero-order valence-corrected chi connectivity index (χ0v) is 15.1. The lowest BCUT2D eigenvalue weighted by atomic mass is 10.1. The van der Waals surface area contributed by atoms with Gasteiger partial charge in [-0.15, -0.1) is 0 Å². The van der Waals surface area contributed by atoms with Gasteiger partial charge in [-0.25, -0.2) is 12.8 Å². The minimum absolute atomic E-state index is 0.0369. The van der Waals surface area contributed by atoms with E-state index in [1.807, 2.05) is 20.8 Å². The largest absolute Gasteiger partial charge is 0.349 e. The van der Waals surface area contributed by atoms with Crippen LogP contribution in [0.15, 0.2) is 53.4 Å². The molecule has 0 unspecified atom stereocenters. The molecule has 0 aromatic heterocycles. The number of carbonyl (C=O) groups excluding carboxylic acids is 1. The normalized spacial score (nSPS) is 12.7. The van der Waals surface area contributed by atoms with Gasteiger partial charge in [0.1, 0.15) is 5.82 Å². The monoisotopic (exact) mass is 364 g/mol. The maximum Gasteiger partial charge on any atom is 0.261 e. The number of anilines is 1. The van der Waals surface area contributed by atoms with Crippen molar-refractivity contribution in [1.29, 1.82) is 0 Å². The maximum absolute atomic E-state index is 12.9. The van der Waals surface area contributed by atoms with Gasteiger partial charge in [-0.2, -0.15) is 0 Å². The van der Waals surface area contributed by atoms with E-state index >= 15 is 0 Å². The highest BCUT2D eigenvalue weighted by molar-refractivity contribution is 7.92. The summed E-state index contributed by atoms with van der Waals surface area (Å²) in [6.07, 6.45) is 0. The van der Waals surface area contributed by atoms with Crippen molar-refractivity contribution in [2.24, 2.45) is 5.92 Å². The van der Waals surface area contributed by atoms with E-state index in [0.29, 0.717) is 0 Å². The van der Waals surface area contributed by atoms with E-state index in [-0.39, 0.29) is 34.0 Å². The van der Waals surface area contributed by atoms with Crippen molar-refractivity contribution >= 4 is 21.6 Å². The molecule has 7 heteroatoms. The molecule has 0 heterocycles. The van der Waals surface area contributed by atoms with Crippen LogP contribution in [0.2, 0.25) is 0 Å². The minimum Gasteiger partial charge on any atom is -0.349 e. The van der Waals surface area contributed by atoms with Gasteiger partial charge in [0.25, 0.3) is 15.9 Å². The number of sulfonamides is 1. The first-order chi connectivity index (χ1) is 11.7. The lowest BCUT2D eigenvalue weighted by molar-refractivity contribution is 0.0930. The number of amides is 1. The van der Waals surface area contributed by atoms with Crippen LogP contribution in [-0.4, -0.2) is 20.4 Å². The summed E-state index contributed by atoms with van der Waals surface area (Å²) >= 11 is 0. The Hall–Kier alpha value is -2.41. The molecular formula is C18H21FN2O3S. The number of hydrogen-bond donors (Lipinski definition) is 2. The van der Waals surface area contributed by atoms with Gasteiger partial charge >= 0.3 is 0 Å². The smallest absolute Gasteiger partial charge is 0.261 e. The molecule has 25 heavy (non-hydrogen) atoms. The van der Waals surface area contributed by atoms with Crippen molar-refractivity contribution in [1.82, 2.24) is 5.32 Å². The summed E-state index contributed by atoms with van der Waals surface area (Å²) in [4.78, 5) is 12.2. The van der Waals surface area contributed by atoms with Crippen molar-refractivity contribution in [3.63, 3.8) is 0 Å². The predicted octanol–water partition coefficient (Wildman–Crippen LogP) is 3.40. The van der Waals surface area contributed by atoms with E-state index in [0.717, 1.165) is 12.1 Å². The molecule has 0 aliphatic heterocycles. The van der Waals surface area contributed by atoms with Crippen molar-refractivity contribution < 1.29 is 17.6 Å². The van der Waals surface area contributed by atoms with E-state index in [1.54, 1.807) is 6.07 Å². The number of hydrogen-bond acceptors (Lipinski definition) is 3. The van der Waals surface area contributed by atoms with Gasteiger partial charge < -0.3 is 5.32 Å². The second-order valence-electron chi connectivity index (χ2n) is 6.15. The summed E-state index contributed by atoms with van der Waals surface area (Å²) in [6, 6.07) is 10.7. The van der Waals surface area contributed by atoms with Crippen LogP contribution in [0.5, 0.6) is 0 Å². The molecule has 1 atom stereocenters. The fourth-order valence-electron chi connectivity index (χ4n) is 1.99. The van der Waals surface area contributed by atoms with Crippen LogP contribution in [0.3, 0.4) is 0 Å². The zero-order chi connectivity index (χ0) is 18.6. The highest BCUT2D eigenvalue weighted by Crippen LogP contribution is 2.18. The Morgan fingerprint density at radius 1 is 1.04 bits per heavy atom. The van der Waals surface area contributed by atoms with Crippen LogP contribution in [-0.2, 0) is 10.0 Å². The summed E-state index contributed by atoms with van der Waals surface area (Å²) < 4.78 is 40.2. The summed E-state index contributed by atoms with van der Waals surface area (Å²) in [7, 11) is -3.88. The second-order valence-corrected chi connectivity index (χ2v) is 7.83. The quantitative estimate of drug-likeness (QED) is 0.825. The zero-order valence-electron chi connectivity index (χ0n) is 14.3. The standard InChI is InChI=1S/C18H21FN2O3S/c1-12(2)13(3)20-18(22)14-5-4-6-17(11-14)25(23,24)21-16-9-7-15(19)8-10-16/h4-13,21H,1-3H3,(H,20,22)/t13-/m0/s1. The van der Waals surface area contributed by atoms with Crippen molar-refractivity contribution in [3.8, 4) is 0 Å². The van der Waals surface area contributed by atoms with Crippen LogP contribution in [0.4, 0.5) is 10.1 Å². The lowest BCUT2D eigenvalue weighted by Crippen LogP contribution is -2.36. The van der Waals surface area contributed by atoms with E-state index in [9.17, 15) is 17.6 Å². The Morgan fingerprint density at radius 3 is 2.28 bits per heavy atom. The summed E-state index contributed by atoms with van der Waals surface area (Å²) in [5, 5.41) is 2.83. The van der Waals surface area contributed by atoms with Crippen molar-refractivity contribution in [3.05, 3.63) is 59.9 Å². The maximum atomic E-state index is 12.9. The van der Waals surface area contributed by atoms with Gasteiger partial charge in [0, 0.05) is 17.3 Å². The molecule has 0 aliphatic carbocycles. The van der Waals surface area contributed by atoms with Crippen LogP contribution in [0.25, 0.3) is 0 Å². The fraction of sp³-hybridized carbons (Fsp3) is 0.278. The molecule has 0 radical (unpaired) electrons. The molecule has 134 valence electrons. The predicted molar refractivity (Wildman–Crippen MR) is 95.4 cm³/mol. The van der Waals surface area contributed by atoms with Crippen molar-refractivity contribution in [2.75, 3.05) is 4.72 Å². The first kappa shape index (κ1) is 18.9. The molecule has 0 fully saturated rings. The van der Waals surface area contributed by atoms with Crippen LogP contribution >= 0.6 is 0 Å². The van der Waals surface area contributed by atoms with E-state index in [2.05, 4.69) is 10.0 Å². The van der Waals surface area contributed by atoms with Gasteiger partial charge in [0.15, 0.2) is 0 Å². The van der Waals surface area contributed by atoms with Crippen LogP contribution in [0.1, 0.15) is 31.1 Å². The van der Waals surface area contributed by atoms with Gasteiger partial charge in [0.2, 0.25) is 0 Å². The third kappa shape index (κ3) is 5.03. The molecular weight excluding hydrogens is 343 g/mol. The topological polar surface area (TPSA) is 75.3 Å². The summed E-state index contributed by atoms with van der Waals surface area (Å²) in [5.41, 5.74) is 0.499. The number of halogens is 1. The lowest BCUT2D eigenvalue weighted by Gasteiger charge is -2.17. The average molecular weight is 364 g/mol. The molecule has 2 aromatic rings. The Balaban J connectivity index is 2.21. The SMILES string of the molecule is CC(C)[C@H](C)NC(=O)c1cccc(S(=O)(=O)Nc2ccc(F)cc2)c1. The molecule has 5 nitrogen and oxygen atoms in total. The van der Waals surface area contributed by atoms with E-state index < -0.39 is 15.8 Å². The number of nitrogens with one attached hydrogen (secondary N) is 2. The first-order valence-electron chi connectivity index (χ1n) is 7.88. The first-order valence-corrected chi connectivity index (χ1v) is 9.36. The molecule has 2 aromatic carbocycles. The highest BCUT2D eigenvalue weighted by Gasteiger charge is 2.18. The molecule has 2 rings (SSSR count). The molecule has 0 saturated carbocycles. The number of benzene rings is 2.